The minimum absolute atomic E-state index is 0.0226. The molecule has 5 heteroatoms. The lowest BCUT2D eigenvalue weighted by Gasteiger charge is -2.58. The molecule has 2 saturated carbocycles. The minimum Gasteiger partial charge on any atom is -0.478 e. The molecular weight excluding hydrogens is 464 g/mol. The summed E-state index contributed by atoms with van der Waals surface area (Å²) in [5.74, 6) is 0.331. The first kappa shape index (κ1) is 27.9. The van der Waals surface area contributed by atoms with Crippen LogP contribution in [-0.2, 0) is 19.1 Å². The zero-order valence-corrected chi connectivity index (χ0v) is 23.9. The van der Waals surface area contributed by atoms with E-state index in [0.29, 0.717) is 23.8 Å². The van der Waals surface area contributed by atoms with Crippen molar-refractivity contribution in [2.24, 2.45) is 39.9 Å². The number of fused-ring (bicyclic) bond motifs is 5. The highest BCUT2D eigenvalue weighted by Gasteiger charge is 2.63. The molecule has 0 aliphatic heterocycles. The zero-order chi connectivity index (χ0) is 27.3. The highest BCUT2D eigenvalue weighted by molar-refractivity contribution is 5.85. The largest absolute Gasteiger partial charge is 0.478 e. The van der Waals surface area contributed by atoms with Gasteiger partial charge in [-0.3, -0.25) is 9.59 Å². The molecule has 0 spiro atoms. The number of carbonyl (C=O) groups excluding carboxylic acids is 2. The molecule has 0 bridgehead atoms. The fourth-order valence-corrected chi connectivity index (χ4v) is 8.98. The van der Waals surface area contributed by atoms with Gasteiger partial charge in [-0.25, -0.2) is 4.79 Å². The second-order valence-corrected chi connectivity index (χ2v) is 13.4. The van der Waals surface area contributed by atoms with Crippen LogP contribution in [0.15, 0.2) is 34.4 Å². The van der Waals surface area contributed by atoms with Crippen LogP contribution < -0.4 is 0 Å². The number of rotatable bonds is 7. The van der Waals surface area contributed by atoms with E-state index in [1.807, 2.05) is 0 Å². The molecule has 1 N–H and O–H groups in total. The number of esters is 1. The van der Waals surface area contributed by atoms with Gasteiger partial charge in [0.2, 0.25) is 0 Å². The average Bonchev–Trinajstić information content (AvgIpc) is 3.13. The molecule has 0 aromatic carbocycles. The van der Waals surface area contributed by atoms with Crippen LogP contribution in [0, 0.1) is 39.9 Å². The predicted octanol–water partition coefficient (Wildman–Crippen LogP) is 7.07. The number of hydrogen-bond donors (Lipinski definition) is 1. The monoisotopic (exact) mass is 510 g/mol. The van der Waals surface area contributed by atoms with Crippen LogP contribution in [0.25, 0.3) is 0 Å². The van der Waals surface area contributed by atoms with Crippen LogP contribution >= 0.6 is 0 Å². The van der Waals surface area contributed by atoms with E-state index in [-0.39, 0.29) is 40.2 Å². The molecule has 204 valence electrons. The first-order chi connectivity index (χ1) is 17.3. The van der Waals surface area contributed by atoms with Crippen molar-refractivity contribution in [3.05, 3.63) is 34.4 Å². The lowest BCUT2D eigenvalue weighted by molar-refractivity contribution is -0.171. The lowest BCUT2D eigenvalue weighted by Crippen LogP contribution is -2.55. The average molecular weight is 511 g/mol. The summed E-state index contributed by atoms with van der Waals surface area (Å²) in [6.45, 7) is 14.8. The van der Waals surface area contributed by atoms with Crippen molar-refractivity contribution < 1.29 is 24.2 Å². The molecule has 0 aromatic rings. The maximum Gasteiger partial charge on any atom is 0.330 e. The topological polar surface area (TPSA) is 80.7 Å². The molecule has 0 aromatic heterocycles. The van der Waals surface area contributed by atoms with E-state index < -0.39 is 5.97 Å². The molecule has 2 fully saturated rings. The number of hydrogen-bond acceptors (Lipinski definition) is 4. The van der Waals surface area contributed by atoms with Crippen molar-refractivity contribution in [1.82, 2.24) is 0 Å². The molecule has 4 aliphatic carbocycles. The Kier molecular flexibility index (Phi) is 7.42. The third kappa shape index (κ3) is 4.55. The molecule has 4 aliphatic rings. The number of allylic oxidation sites excluding steroid dienone is 5. The summed E-state index contributed by atoms with van der Waals surface area (Å²) < 4.78 is 5.81. The molecule has 0 saturated heterocycles. The zero-order valence-electron chi connectivity index (χ0n) is 23.9. The molecule has 0 radical (unpaired) electrons. The number of ether oxygens (including phenoxy) is 1. The summed E-state index contributed by atoms with van der Waals surface area (Å²) in [6.07, 6.45) is 13.0. The molecule has 5 nitrogen and oxygen atoms in total. The van der Waals surface area contributed by atoms with Crippen molar-refractivity contribution in [1.29, 1.82) is 0 Å². The smallest absolute Gasteiger partial charge is 0.330 e. The third-order valence-electron chi connectivity index (χ3n) is 11.2. The summed E-state index contributed by atoms with van der Waals surface area (Å²) in [6, 6.07) is 0. The van der Waals surface area contributed by atoms with Crippen LogP contribution in [0.4, 0.5) is 0 Å². The van der Waals surface area contributed by atoms with E-state index in [0.717, 1.165) is 56.8 Å². The molecule has 37 heavy (non-hydrogen) atoms. The second kappa shape index (κ2) is 9.85. The molecule has 0 amide bonds. The van der Waals surface area contributed by atoms with Crippen LogP contribution in [0.5, 0.6) is 0 Å². The van der Waals surface area contributed by atoms with Gasteiger partial charge in [0.25, 0.3) is 0 Å². The van der Waals surface area contributed by atoms with Crippen molar-refractivity contribution in [3.63, 3.8) is 0 Å². The molecular formula is C32H46O5. The first-order valence-electron chi connectivity index (χ1n) is 14.2. The van der Waals surface area contributed by atoms with Crippen LogP contribution in [0.1, 0.15) is 99.8 Å². The van der Waals surface area contributed by atoms with Crippen molar-refractivity contribution in [2.45, 2.75) is 106 Å². The van der Waals surface area contributed by atoms with Gasteiger partial charge in [0.1, 0.15) is 12.4 Å². The van der Waals surface area contributed by atoms with Gasteiger partial charge < -0.3 is 9.84 Å². The minimum atomic E-state index is -0.868. The van der Waals surface area contributed by atoms with Gasteiger partial charge in [0.15, 0.2) is 0 Å². The maximum absolute atomic E-state index is 12.6. The Morgan fingerprint density at radius 1 is 1.16 bits per heavy atom. The number of carbonyl (C=O) groups is 3. The number of carboxylic acid groups (broad SMARTS) is 1. The fourth-order valence-electron chi connectivity index (χ4n) is 8.98. The van der Waals surface area contributed by atoms with Gasteiger partial charge >= 0.3 is 11.9 Å². The Balaban J connectivity index is 1.62. The summed E-state index contributed by atoms with van der Waals surface area (Å²) in [7, 11) is 0. The van der Waals surface area contributed by atoms with E-state index in [9.17, 15) is 14.4 Å². The van der Waals surface area contributed by atoms with E-state index in [4.69, 9.17) is 9.84 Å². The second-order valence-electron chi connectivity index (χ2n) is 13.4. The van der Waals surface area contributed by atoms with Crippen molar-refractivity contribution >= 4 is 18.2 Å². The third-order valence-corrected chi connectivity index (χ3v) is 11.2. The SMILES string of the molecule is CC(=O)O[C@@H]1CC[C@]2(C)[C@@H]3C[C@H]4C(C=O)=C([C@H](C)CC/C=C(/C)C(=O)O)CC[C@@]4(C)C3=CC[C@H]2C1(C)C. The van der Waals surface area contributed by atoms with Gasteiger partial charge in [-0.05, 0) is 98.4 Å². The summed E-state index contributed by atoms with van der Waals surface area (Å²) in [4.78, 5) is 35.6. The first-order valence-corrected chi connectivity index (χ1v) is 14.2. The van der Waals surface area contributed by atoms with Gasteiger partial charge in [0, 0.05) is 17.9 Å². The Labute approximate surface area is 222 Å². The van der Waals surface area contributed by atoms with Crippen LogP contribution in [0.2, 0.25) is 0 Å². The van der Waals surface area contributed by atoms with Crippen LogP contribution in [0.3, 0.4) is 0 Å². The molecule has 4 rings (SSSR count). The number of carboxylic acids is 1. The molecule has 0 unspecified atom stereocenters. The summed E-state index contributed by atoms with van der Waals surface area (Å²) in [5.41, 5.74) is 4.32. The lowest BCUT2D eigenvalue weighted by atomic mass is 9.47. The highest BCUT2D eigenvalue weighted by atomic mass is 16.5. The molecule has 7 atom stereocenters. The Morgan fingerprint density at radius 2 is 1.86 bits per heavy atom. The van der Waals surface area contributed by atoms with E-state index in [2.05, 4.69) is 40.7 Å². The molecule has 0 heterocycles. The Morgan fingerprint density at radius 3 is 2.49 bits per heavy atom. The van der Waals surface area contributed by atoms with E-state index >= 15 is 0 Å². The van der Waals surface area contributed by atoms with E-state index in [1.165, 1.54) is 12.5 Å². The van der Waals surface area contributed by atoms with Gasteiger partial charge in [-0.1, -0.05) is 57.9 Å². The van der Waals surface area contributed by atoms with Gasteiger partial charge in [-0.2, -0.15) is 0 Å². The van der Waals surface area contributed by atoms with Gasteiger partial charge in [0.05, 0.1) is 0 Å². The standard InChI is InChI=1S/C32H46O5/c1-19(9-8-10-20(2)29(35)36)22-13-15-31(6)24-11-12-27-30(4,5)28(37-21(3)34)14-16-32(27,7)26(24)17-25(31)23(22)18-33/h10-11,18-19,25-28H,8-9,12-17H2,1-7H3,(H,35,36)/b20-10-/t19-,25+,26-,27+,28-,31+,32-/m1/s1. The summed E-state index contributed by atoms with van der Waals surface area (Å²) >= 11 is 0. The predicted molar refractivity (Wildman–Crippen MR) is 145 cm³/mol. The van der Waals surface area contributed by atoms with E-state index in [1.54, 1.807) is 18.6 Å². The quantitative estimate of drug-likeness (QED) is 0.171. The van der Waals surface area contributed by atoms with Crippen LogP contribution in [-0.4, -0.2) is 29.4 Å². The summed E-state index contributed by atoms with van der Waals surface area (Å²) in [5, 5.41) is 9.15. The Hall–Kier alpha value is -2.17. The highest BCUT2D eigenvalue weighted by Crippen LogP contribution is 2.70. The number of aldehydes is 1. The van der Waals surface area contributed by atoms with Crippen molar-refractivity contribution in [3.8, 4) is 0 Å². The normalized spacial score (nSPS) is 37.6. The van der Waals surface area contributed by atoms with Gasteiger partial charge in [-0.15, -0.1) is 0 Å². The van der Waals surface area contributed by atoms with Crippen molar-refractivity contribution in [2.75, 3.05) is 0 Å². The fraction of sp³-hybridized carbons (Fsp3) is 0.719. The maximum atomic E-state index is 12.6. The Bertz CT molecular complexity index is 1060. The number of aliphatic carboxylic acids is 1.